The molecular weight excluding hydrogens is 390 g/mol. The number of aromatic nitrogens is 3. The minimum Gasteiger partial charge on any atom is -0.350 e. The highest BCUT2D eigenvalue weighted by Gasteiger charge is 2.29. The molecule has 8 nitrogen and oxygen atoms in total. The maximum absolute atomic E-state index is 12.7. The number of pyridine rings is 1. The first-order valence-corrected chi connectivity index (χ1v) is 10.9. The molecule has 0 spiro atoms. The topological polar surface area (TPSA) is 105 Å². The molecule has 0 radical (unpaired) electrons. The molecule has 0 aliphatic carbocycles. The van der Waals surface area contributed by atoms with Gasteiger partial charge < -0.3 is 5.32 Å². The Hall–Kier alpha value is -2.91. The third-order valence-corrected chi connectivity index (χ3v) is 6.96. The van der Waals surface area contributed by atoms with Crippen molar-refractivity contribution in [3.05, 3.63) is 60.7 Å². The summed E-state index contributed by atoms with van der Waals surface area (Å²) in [5.41, 5.74) is 1.70. The average molecular weight is 411 g/mol. The summed E-state index contributed by atoms with van der Waals surface area (Å²) in [6.45, 7) is 1.33. The van der Waals surface area contributed by atoms with E-state index in [-0.39, 0.29) is 22.4 Å². The van der Waals surface area contributed by atoms with Gasteiger partial charge in [-0.2, -0.15) is 4.31 Å². The predicted octanol–water partition coefficient (Wildman–Crippen LogP) is 1.86. The number of piperidine rings is 1. The van der Waals surface area contributed by atoms with Crippen LogP contribution in [-0.2, 0) is 10.0 Å². The van der Waals surface area contributed by atoms with Gasteiger partial charge in [0.25, 0.3) is 5.91 Å². The molecule has 0 unspecified atom stereocenters. The van der Waals surface area contributed by atoms with Crippen LogP contribution in [0, 0.1) is 5.92 Å². The van der Waals surface area contributed by atoms with Crippen molar-refractivity contribution in [1.29, 1.82) is 0 Å². The van der Waals surface area contributed by atoms with Crippen LogP contribution in [0.4, 0.5) is 0 Å². The van der Waals surface area contributed by atoms with E-state index in [9.17, 15) is 13.2 Å². The number of benzene rings is 1. The SMILES string of the molecule is O=C(NCC1CCN(S(=O)(=O)c2cccnc2)CC1)c1cnc2ccccc2n1. The second-order valence-electron chi connectivity index (χ2n) is 6.99. The number of carbonyl (C=O) groups is 1. The summed E-state index contributed by atoms with van der Waals surface area (Å²) in [6.07, 6.45) is 5.76. The fourth-order valence-corrected chi connectivity index (χ4v) is 4.83. The smallest absolute Gasteiger partial charge is 0.271 e. The van der Waals surface area contributed by atoms with Gasteiger partial charge in [-0.1, -0.05) is 12.1 Å². The van der Waals surface area contributed by atoms with Crippen molar-refractivity contribution in [2.75, 3.05) is 19.6 Å². The molecule has 1 aliphatic rings. The van der Waals surface area contributed by atoms with E-state index in [1.165, 1.54) is 16.7 Å². The molecule has 1 amide bonds. The van der Waals surface area contributed by atoms with Crippen LogP contribution in [0.15, 0.2) is 59.9 Å². The summed E-state index contributed by atoms with van der Waals surface area (Å²) in [4.78, 5) is 25.1. The molecule has 29 heavy (non-hydrogen) atoms. The van der Waals surface area contributed by atoms with Gasteiger partial charge in [0, 0.05) is 32.0 Å². The molecule has 4 rings (SSSR count). The highest BCUT2D eigenvalue weighted by molar-refractivity contribution is 7.89. The van der Waals surface area contributed by atoms with Crippen LogP contribution in [0.1, 0.15) is 23.3 Å². The normalized spacial score (nSPS) is 16.0. The van der Waals surface area contributed by atoms with Gasteiger partial charge in [-0.15, -0.1) is 0 Å². The van der Waals surface area contributed by atoms with Gasteiger partial charge in [0.05, 0.1) is 17.2 Å². The molecular formula is C20H21N5O3S. The van der Waals surface area contributed by atoms with E-state index in [1.807, 2.05) is 24.3 Å². The van der Waals surface area contributed by atoms with Crippen LogP contribution in [0.2, 0.25) is 0 Å². The minimum atomic E-state index is -3.52. The molecule has 0 saturated carbocycles. The van der Waals surface area contributed by atoms with Crippen molar-refractivity contribution < 1.29 is 13.2 Å². The maximum Gasteiger partial charge on any atom is 0.271 e. The number of sulfonamides is 1. The molecule has 1 N–H and O–H groups in total. The average Bonchev–Trinajstić information content (AvgIpc) is 2.78. The summed E-state index contributed by atoms with van der Waals surface area (Å²) in [7, 11) is -3.52. The van der Waals surface area contributed by atoms with Crippen LogP contribution in [0.5, 0.6) is 0 Å². The summed E-state index contributed by atoms with van der Waals surface area (Å²) in [6, 6.07) is 10.6. The Morgan fingerprint density at radius 3 is 2.55 bits per heavy atom. The summed E-state index contributed by atoms with van der Waals surface area (Å²) in [5, 5.41) is 2.90. The summed E-state index contributed by atoms with van der Waals surface area (Å²) in [5.74, 6) is -0.0543. The van der Waals surface area contributed by atoms with E-state index in [0.29, 0.717) is 38.0 Å². The molecule has 1 aromatic carbocycles. The van der Waals surface area contributed by atoms with Crippen LogP contribution in [0.3, 0.4) is 0 Å². The van der Waals surface area contributed by atoms with Crippen LogP contribution in [0.25, 0.3) is 11.0 Å². The van der Waals surface area contributed by atoms with Gasteiger partial charge in [-0.3, -0.25) is 14.8 Å². The number of carbonyl (C=O) groups excluding carboxylic acids is 1. The Balaban J connectivity index is 1.32. The second-order valence-corrected chi connectivity index (χ2v) is 8.93. The van der Waals surface area contributed by atoms with Gasteiger partial charge in [-0.05, 0) is 43.0 Å². The maximum atomic E-state index is 12.7. The molecule has 1 saturated heterocycles. The number of rotatable bonds is 5. The Morgan fingerprint density at radius 1 is 1.07 bits per heavy atom. The van der Waals surface area contributed by atoms with Crippen molar-refractivity contribution >= 4 is 27.0 Å². The first-order valence-electron chi connectivity index (χ1n) is 9.44. The summed E-state index contributed by atoms with van der Waals surface area (Å²) >= 11 is 0. The second kappa shape index (κ2) is 8.22. The fourth-order valence-electron chi connectivity index (χ4n) is 3.40. The fraction of sp³-hybridized carbons (Fsp3) is 0.300. The number of amides is 1. The lowest BCUT2D eigenvalue weighted by molar-refractivity contribution is 0.0936. The molecule has 150 valence electrons. The van der Waals surface area contributed by atoms with E-state index < -0.39 is 10.0 Å². The Kier molecular flexibility index (Phi) is 5.50. The zero-order valence-electron chi connectivity index (χ0n) is 15.7. The summed E-state index contributed by atoms with van der Waals surface area (Å²) < 4.78 is 26.8. The van der Waals surface area contributed by atoms with Crippen LogP contribution < -0.4 is 5.32 Å². The van der Waals surface area contributed by atoms with Gasteiger partial charge in [0.1, 0.15) is 10.6 Å². The van der Waals surface area contributed by atoms with E-state index in [2.05, 4.69) is 20.3 Å². The largest absolute Gasteiger partial charge is 0.350 e. The first-order chi connectivity index (χ1) is 14.0. The van der Waals surface area contributed by atoms with Crippen molar-refractivity contribution in [1.82, 2.24) is 24.6 Å². The van der Waals surface area contributed by atoms with E-state index >= 15 is 0 Å². The quantitative estimate of drug-likeness (QED) is 0.687. The number of para-hydroxylation sites is 2. The minimum absolute atomic E-state index is 0.210. The third-order valence-electron chi connectivity index (χ3n) is 5.08. The molecule has 0 atom stereocenters. The van der Waals surface area contributed by atoms with E-state index in [4.69, 9.17) is 0 Å². The highest BCUT2D eigenvalue weighted by atomic mass is 32.2. The van der Waals surface area contributed by atoms with Crippen molar-refractivity contribution in [3.63, 3.8) is 0 Å². The zero-order chi connectivity index (χ0) is 20.3. The molecule has 3 aromatic rings. The molecule has 1 fully saturated rings. The zero-order valence-corrected chi connectivity index (χ0v) is 16.5. The third kappa shape index (κ3) is 4.25. The molecule has 1 aliphatic heterocycles. The van der Waals surface area contributed by atoms with Gasteiger partial charge >= 0.3 is 0 Å². The van der Waals surface area contributed by atoms with Crippen LogP contribution in [-0.4, -0.2) is 53.2 Å². The van der Waals surface area contributed by atoms with Gasteiger partial charge in [0.2, 0.25) is 10.0 Å². The number of nitrogens with zero attached hydrogens (tertiary/aromatic N) is 4. The molecule has 0 bridgehead atoms. The van der Waals surface area contributed by atoms with Crippen molar-refractivity contribution in [2.45, 2.75) is 17.7 Å². The lowest BCUT2D eigenvalue weighted by Gasteiger charge is -2.31. The first kappa shape index (κ1) is 19.4. The number of hydrogen-bond donors (Lipinski definition) is 1. The standard InChI is InChI=1S/C20H21N5O3S/c26-20(19-14-22-17-5-1-2-6-18(17)24-19)23-12-15-7-10-25(11-8-15)29(27,28)16-4-3-9-21-13-16/h1-6,9,13-15H,7-8,10-12H2,(H,23,26). The van der Waals surface area contributed by atoms with Crippen LogP contribution >= 0.6 is 0 Å². The van der Waals surface area contributed by atoms with Crippen molar-refractivity contribution in [3.8, 4) is 0 Å². The van der Waals surface area contributed by atoms with Gasteiger partial charge in [0.15, 0.2) is 0 Å². The molecule has 9 heteroatoms. The van der Waals surface area contributed by atoms with Crippen molar-refractivity contribution in [2.24, 2.45) is 5.92 Å². The number of hydrogen-bond acceptors (Lipinski definition) is 6. The van der Waals surface area contributed by atoms with E-state index in [0.717, 1.165) is 5.52 Å². The Morgan fingerprint density at radius 2 is 1.83 bits per heavy atom. The predicted molar refractivity (Wildman–Crippen MR) is 108 cm³/mol. The van der Waals surface area contributed by atoms with E-state index in [1.54, 1.807) is 18.3 Å². The lowest BCUT2D eigenvalue weighted by atomic mass is 9.98. The Bertz CT molecular complexity index is 1110. The monoisotopic (exact) mass is 411 g/mol. The van der Waals surface area contributed by atoms with Gasteiger partial charge in [-0.25, -0.2) is 13.4 Å². The Labute approximate surface area is 169 Å². The number of fused-ring (bicyclic) bond motifs is 1. The molecule has 2 aromatic heterocycles. The molecule has 3 heterocycles. The number of nitrogens with one attached hydrogen (secondary N) is 1. The highest BCUT2D eigenvalue weighted by Crippen LogP contribution is 2.23. The lowest BCUT2D eigenvalue weighted by Crippen LogP contribution is -2.41.